The van der Waals surface area contributed by atoms with Gasteiger partial charge in [0.1, 0.15) is 12.6 Å². The average Bonchev–Trinajstić information content (AvgIpc) is 2.87. The van der Waals surface area contributed by atoms with Gasteiger partial charge in [0.15, 0.2) is 5.69 Å². The summed E-state index contributed by atoms with van der Waals surface area (Å²) in [7, 11) is 0. The van der Waals surface area contributed by atoms with Crippen molar-refractivity contribution in [3.05, 3.63) is 41.2 Å². The van der Waals surface area contributed by atoms with Crippen LogP contribution in [-0.2, 0) is 11.3 Å². The van der Waals surface area contributed by atoms with Crippen molar-refractivity contribution in [3.63, 3.8) is 0 Å². The van der Waals surface area contributed by atoms with Crippen molar-refractivity contribution in [3.8, 4) is 6.07 Å². The van der Waals surface area contributed by atoms with Crippen LogP contribution in [0.25, 0.3) is 0 Å². The standard InChI is InChI=1S/C13H11N5O3/c1-8-3-2-4-10(9(8)5-14)15-12(19)7-18-6-11(13(20)21)16-17-18/h2-4,6H,7H2,1H3,(H,15,19)(H,20,21). The topological polar surface area (TPSA) is 121 Å². The fraction of sp³-hybridized carbons (Fsp3) is 0.154. The number of aromatic nitrogens is 3. The van der Waals surface area contributed by atoms with Crippen molar-refractivity contribution >= 4 is 17.6 Å². The second kappa shape index (κ2) is 5.83. The number of nitrogens with zero attached hydrogens (tertiary/aromatic N) is 4. The Morgan fingerprint density at radius 1 is 1.48 bits per heavy atom. The maximum absolute atomic E-state index is 11.9. The van der Waals surface area contributed by atoms with Crippen molar-refractivity contribution in [2.75, 3.05) is 5.32 Å². The molecule has 0 saturated carbocycles. The number of rotatable bonds is 4. The number of carbonyl (C=O) groups is 2. The lowest BCUT2D eigenvalue weighted by molar-refractivity contribution is -0.116. The Morgan fingerprint density at radius 3 is 2.86 bits per heavy atom. The molecule has 1 heterocycles. The molecule has 0 atom stereocenters. The van der Waals surface area contributed by atoms with Gasteiger partial charge in [-0.1, -0.05) is 17.3 Å². The summed E-state index contributed by atoms with van der Waals surface area (Å²) in [5.74, 6) is -1.65. The van der Waals surface area contributed by atoms with Gasteiger partial charge < -0.3 is 10.4 Å². The summed E-state index contributed by atoms with van der Waals surface area (Å²) in [5.41, 5.74) is 1.30. The molecule has 21 heavy (non-hydrogen) atoms. The second-order valence-corrected chi connectivity index (χ2v) is 4.26. The van der Waals surface area contributed by atoms with E-state index in [0.29, 0.717) is 11.3 Å². The van der Waals surface area contributed by atoms with Crippen LogP contribution < -0.4 is 5.32 Å². The number of nitriles is 1. The largest absolute Gasteiger partial charge is 0.476 e. The summed E-state index contributed by atoms with van der Waals surface area (Å²) in [6, 6.07) is 7.14. The summed E-state index contributed by atoms with van der Waals surface area (Å²) in [4.78, 5) is 22.5. The first-order chi connectivity index (χ1) is 10.0. The average molecular weight is 285 g/mol. The van der Waals surface area contributed by atoms with Crippen LogP contribution in [0.15, 0.2) is 24.4 Å². The lowest BCUT2D eigenvalue weighted by Crippen LogP contribution is -2.20. The minimum atomic E-state index is -1.22. The number of anilines is 1. The highest BCUT2D eigenvalue weighted by Gasteiger charge is 2.12. The van der Waals surface area contributed by atoms with Crippen LogP contribution in [0.5, 0.6) is 0 Å². The van der Waals surface area contributed by atoms with E-state index in [1.807, 2.05) is 6.07 Å². The number of carbonyl (C=O) groups excluding carboxylic acids is 1. The van der Waals surface area contributed by atoms with Gasteiger partial charge in [-0.15, -0.1) is 5.10 Å². The van der Waals surface area contributed by atoms with Crippen LogP contribution in [0.4, 0.5) is 5.69 Å². The van der Waals surface area contributed by atoms with Crippen molar-refractivity contribution in [2.45, 2.75) is 13.5 Å². The van der Waals surface area contributed by atoms with Crippen molar-refractivity contribution in [1.82, 2.24) is 15.0 Å². The highest BCUT2D eigenvalue weighted by molar-refractivity contribution is 5.92. The summed E-state index contributed by atoms with van der Waals surface area (Å²) >= 11 is 0. The van der Waals surface area contributed by atoms with Crippen LogP contribution in [-0.4, -0.2) is 32.0 Å². The number of hydrogen-bond donors (Lipinski definition) is 2. The van der Waals surface area contributed by atoms with E-state index in [1.54, 1.807) is 25.1 Å². The lowest BCUT2D eigenvalue weighted by Gasteiger charge is -2.08. The minimum Gasteiger partial charge on any atom is -0.476 e. The number of carboxylic acids is 1. The minimum absolute atomic E-state index is 0.195. The van der Waals surface area contributed by atoms with Crippen molar-refractivity contribution < 1.29 is 14.7 Å². The maximum Gasteiger partial charge on any atom is 0.358 e. The third-order valence-electron chi connectivity index (χ3n) is 2.72. The molecule has 1 aromatic carbocycles. The Morgan fingerprint density at radius 2 is 2.24 bits per heavy atom. The molecule has 0 unspecified atom stereocenters. The van der Waals surface area contributed by atoms with Crippen molar-refractivity contribution in [1.29, 1.82) is 5.26 Å². The van der Waals surface area contributed by atoms with Crippen LogP contribution in [0.2, 0.25) is 0 Å². The summed E-state index contributed by atoms with van der Waals surface area (Å²) in [6.07, 6.45) is 1.16. The third-order valence-corrected chi connectivity index (χ3v) is 2.72. The van der Waals surface area contributed by atoms with E-state index < -0.39 is 11.9 Å². The summed E-state index contributed by atoms with van der Waals surface area (Å²) in [5, 5.41) is 27.3. The molecular weight excluding hydrogens is 274 g/mol. The van der Waals surface area contributed by atoms with E-state index in [9.17, 15) is 9.59 Å². The van der Waals surface area contributed by atoms with Gasteiger partial charge in [-0.05, 0) is 18.6 Å². The van der Waals surface area contributed by atoms with Gasteiger partial charge in [0.05, 0.1) is 17.4 Å². The first kappa shape index (κ1) is 14.2. The number of aryl methyl sites for hydroxylation is 1. The number of hydrogen-bond acceptors (Lipinski definition) is 5. The van der Waals surface area contributed by atoms with Crippen LogP contribution >= 0.6 is 0 Å². The van der Waals surface area contributed by atoms with Gasteiger partial charge >= 0.3 is 5.97 Å². The molecule has 106 valence electrons. The normalized spacial score (nSPS) is 9.90. The van der Waals surface area contributed by atoms with E-state index in [-0.39, 0.29) is 12.2 Å². The van der Waals surface area contributed by atoms with Gasteiger partial charge in [-0.3, -0.25) is 4.79 Å². The zero-order valence-corrected chi connectivity index (χ0v) is 11.1. The Kier molecular flexibility index (Phi) is 3.95. The Hall–Kier alpha value is -3.21. The fourth-order valence-electron chi connectivity index (χ4n) is 1.73. The van der Waals surface area contributed by atoms with Gasteiger partial charge in [-0.2, -0.15) is 5.26 Å². The van der Waals surface area contributed by atoms with E-state index >= 15 is 0 Å². The van der Waals surface area contributed by atoms with Crippen LogP contribution in [0.3, 0.4) is 0 Å². The smallest absolute Gasteiger partial charge is 0.358 e. The second-order valence-electron chi connectivity index (χ2n) is 4.26. The molecule has 1 aromatic heterocycles. The van der Waals surface area contributed by atoms with Gasteiger partial charge in [0.25, 0.3) is 0 Å². The molecule has 0 spiro atoms. The van der Waals surface area contributed by atoms with E-state index in [4.69, 9.17) is 10.4 Å². The van der Waals surface area contributed by atoms with E-state index in [1.165, 1.54) is 0 Å². The molecule has 0 aliphatic rings. The molecule has 0 radical (unpaired) electrons. The molecule has 2 N–H and O–H groups in total. The number of nitrogens with one attached hydrogen (secondary N) is 1. The molecule has 0 saturated heterocycles. The molecule has 1 amide bonds. The quantitative estimate of drug-likeness (QED) is 0.856. The van der Waals surface area contributed by atoms with Crippen LogP contribution in [0, 0.1) is 18.3 Å². The van der Waals surface area contributed by atoms with E-state index in [0.717, 1.165) is 16.4 Å². The monoisotopic (exact) mass is 285 g/mol. The molecule has 8 heteroatoms. The molecule has 2 aromatic rings. The molecule has 0 bridgehead atoms. The predicted molar refractivity (Wildman–Crippen MR) is 71.5 cm³/mol. The SMILES string of the molecule is Cc1cccc(NC(=O)Cn2cc(C(=O)O)nn2)c1C#N. The molecule has 8 nitrogen and oxygen atoms in total. The first-order valence-electron chi connectivity index (χ1n) is 5.94. The van der Waals surface area contributed by atoms with Gasteiger partial charge in [0.2, 0.25) is 5.91 Å². The van der Waals surface area contributed by atoms with Crippen LogP contribution in [0.1, 0.15) is 21.6 Å². The lowest BCUT2D eigenvalue weighted by atomic mass is 10.1. The molecule has 0 aliphatic heterocycles. The number of benzene rings is 1. The maximum atomic E-state index is 11.9. The van der Waals surface area contributed by atoms with Gasteiger partial charge in [-0.25, -0.2) is 9.48 Å². The predicted octanol–water partition coefficient (Wildman–Crippen LogP) is 0.795. The third kappa shape index (κ3) is 3.22. The molecule has 2 rings (SSSR count). The molecule has 0 fully saturated rings. The Labute approximate surface area is 119 Å². The number of amides is 1. The molecule has 0 aliphatic carbocycles. The number of carboxylic acid groups (broad SMARTS) is 1. The number of aromatic carboxylic acids is 1. The van der Waals surface area contributed by atoms with Gasteiger partial charge in [0, 0.05) is 0 Å². The highest BCUT2D eigenvalue weighted by atomic mass is 16.4. The first-order valence-corrected chi connectivity index (χ1v) is 5.94. The van der Waals surface area contributed by atoms with E-state index in [2.05, 4.69) is 15.6 Å². The highest BCUT2D eigenvalue weighted by Crippen LogP contribution is 2.18. The summed E-state index contributed by atoms with van der Waals surface area (Å²) in [6.45, 7) is 1.57. The summed E-state index contributed by atoms with van der Waals surface area (Å²) < 4.78 is 1.11. The fourth-order valence-corrected chi connectivity index (χ4v) is 1.73. The Balaban J connectivity index is 2.10. The molecular formula is C13H11N5O3. The zero-order chi connectivity index (χ0) is 15.4. The Bertz CT molecular complexity index is 745. The van der Waals surface area contributed by atoms with Crippen molar-refractivity contribution in [2.24, 2.45) is 0 Å². The zero-order valence-electron chi connectivity index (χ0n) is 11.1.